The average molecular weight is 188 g/mol. The smallest absolute Gasteiger partial charge is 0.222 e. The van der Waals surface area contributed by atoms with E-state index in [0.29, 0.717) is 17.2 Å². The molecule has 0 bridgehead atoms. The second kappa shape index (κ2) is 3.50. The standard InChI is InChI=1S/C6H4N8/c7-12-9-4-1-2-8-5(3-4)6-10-13-14-11-6/h1-3H,(H,10,11,13,14). The van der Waals surface area contributed by atoms with Gasteiger partial charge in [0.2, 0.25) is 5.82 Å². The number of aromatic amines is 1. The number of aromatic nitrogens is 5. The molecular weight excluding hydrogens is 184 g/mol. The summed E-state index contributed by atoms with van der Waals surface area (Å²) in [5, 5.41) is 16.6. The average Bonchev–Trinajstić information content (AvgIpc) is 2.71. The Bertz CT molecular complexity index is 468. The zero-order valence-electron chi connectivity index (χ0n) is 6.86. The minimum absolute atomic E-state index is 0.361. The zero-order valence-corrected chi connectivity index (χ0v) is 6.86. The third-order valence-electron chi connectivity index (χ3n) is 1.48. The molecule has 0 aliphatic heterocycles. The molecule has 1 N–H and O–H groups in total. The molecular formula is C6H4N8. The number of rotatable bonds is 2. The first-order chi connectivity index (χ1) is 6.90. The molecule has 68 valence electrons. The predicted molar refractivity (Wildman–Crippen MR) is 46.2 cm³/mol. The first kappa shape index (κ1) is 8.14. The van der Waals surface area contributed by atoms with Crippen LogP contribution in [-0.4, -0.2) is 25.6 Å². The lowest BCUT2D eigenvalue weighted by Gasteiger charge is -1.93. The lowest BCUT2D eigenvalue weighted by atomic mass is 10.3. The van der Waals surface area contributed by atoms with Crippen LogP contribution in [0.25, 0.3) is 22.0 Å². The van der Waals surface area contributed by atoms with Gasteiger partial charge in [-0.15, -0.1) is 10.2 Å². The summed E-state index contributed by atoms with van der Waals surface area (Å²) in [7, 11) is 0. The largest absolute Gasteiger partial charge is 0.253 e. The van der Waals surface area contributed by atoms with Crippen LogP contribution in [0.1, 0.15) is 0 Å². The predicted octanol–water partition coefficient (Wildman–Crippen LogP) is 1.20. The summed E-state index contributed by atoms with van der Waals surface area (Å²) < 4.78 is 0. The maximum Gasteiger partial charge on any atom is 0.222 e. The van der Waals surface area contributed by atoms with E-state index in [1.807, 2.05) is 0 Å². The van der Waals surface area contributed by atoms with Crippen molar-refractivity contribution in [3.63, 3.8) is 0 Å². The molecule has 0 saturated carbocycles. The van der Waals surface area contributed by atoms with Gasteiger partial charge in [0.25, 0.3) is 0 Å². The van der Waals surface area contributed by atoms with Crippen LogP contribution in [0.3, 0.4) is 0 Å². The highest BCUT2D eigenvalue weighted by molar-refractivity contribution is 5.54. The lowest BCUT2D eigenvalue weighted by Crippen LogP contribution is -1.84. The van der Waals surface area contributed by atoms with Gasteiger partial charge in [-0.2, -0.15) is 5.21 Å². The Morgan fingerprint density at radius 3 is 3.14 bits per heavy atom. The molecule has 8 nitrogen and oxygen atoms in total. The van der Waals surface area contributed by atoms with E-state index in [1.165, 1.54) is 6.20 Å². The van der Waals surface area contributed by atoms with Crippen molar-refractivity contribution in [2.24, 2.45) is 5.11 Å². The summed E-state index contributed by atoms with van der Waals surface area (Å²) in [5.74, 6) is 0.361. The minimum atomic E-state index is 0.361. The molecule has 0 saturated heterocycles. The Balaban J connectivity index is 2.45. The summed E-state index contributed by atoms with van der Waals surface area (Å²) in [4.78, 5) is 6.66. The van der Waals surface area contributed by atoms with E-state index in [1.54, 1.807) is 12.1 Å². The molecule has 2 aromatic rings. The van der Waals surface area contributed by atoms with Gasteiger partial charge in [-0.05, 0) is 22.9 Å². The van der Waals surface area contributed by atoms with E-state index in [-0.39, 0.29) is 0 Å². The molecule has 0 aromatic carbocycles. The third-order valence-corrected chi connectivity index (χ3v) is 1.48. The van der Waals surface area contributed by atoms with Crippen molar-refractivity contribution in [2.45, 2.75) is 0 Å². The number of nitrogens with zero attached hydrogens (tertiary/aromatic N) is 7. The topological polar surface area (TPSA) is 116 Å². The maximum absolute atomic E-state index is 8.23. The van der Waals surface area contributed by atoms with Gasteiger partial charge in [0.05, 0.1) is 0 Å². The first-order valence-corrected chi connectivity index (χ1v) is 3.65. The Morgan fingerprint density at radius 2 is 2.43 bits per heavy atom. The van der Waals surface area contributed by atoms with E-state index in [4.69, 9.17) is 5.53 Å². The second-order valence-electron chi connectivity index (χ2n) is 2.32. The fourth-order valence-corrected chi connectivity index (χ4v) is 0.926. The molecule has 8 heteroatoms. The van der Waals surface area contributed by atoms with Gasteiger partial charge in [-0.25, -0.2) is 0 Å². The quantitative estimate of drug-likeness (QED) is 0.432. The van der Waals surface area contributed by atoms with Gasteiger partial charge in [-0.1, -0.05) is 5.11 Å². The Hall–Kier alpha value is -2.47. The zero-order chi connectivity index (χ0) is 9.80. The summed E-state index contributed by atoms with van der Waals surface area (Å²) >= 11 is 0. The highest BCUT2D eigenvalue weighted by Gasteiger charge is 2.03. The van der Waals surface area contributed by atoms with E-state index in [9.17, 15) is 0 Å². The highest BCUT2D eigenvalue weighted by Crippen LogP contribution is 2.17. The normalized spacial score (nSPS) is 9.43. The number of pyridine rings is 1. The molecule has 2 rings (SSSR count). The molecule has 0 amide bonds. The maximum atomic E-state index is 8.23. The van der Waals surface area contributed by atoms with Crippen molar-refractivity contribution in [1.82, 2.24) is 25.6 Å². The van der Waals surface area contributed by atoms with Gasteiger partial charge in [0, 0.05) is 16.8 Å². The highest BCUT2D eigenvalue weighted by atomic mass is 15.5. The summed E-state index contributed by atoms with van der Waals surface area (Å²) in [6, 6.07) is 3.16. The van der Waals surface area contributed by atoms with Crippen molar-refractivity contribution in [2.75, 3.05) is 0 Å². The van der Waals surface area contributed by atoms with Crippen LogP contribution in [0.4, 0.5) is 5.69 Å². The van der Waals surface area contributed by atoms with Crippen LogP contribution in [0.5, 0.6) is 0 Å². The van der Waals surface area contributed by atoms with Crippen LogP contribution in [0.15, 0.2) is 23.4 Å². The summed E-state index contributed by atoms with van der Waals surface area (Å²) in [5.41, 5.74) is 9.19. The summed E-state index contributed by atoms with van der Waals surface area (Å²) in [6.45, 7) is 0. The summed E-state index contributed by atoms with van der Waals surface area (Å²) in [6.07, 6.45) is 1.51. The van der Waals surface area contributed by atoms with Gasteiger partial charge >= 0.3 is 0 Å². The van der Waals surface area contributed by atoms with Crippen molar-refractivity contribution in [1.29, 1.82) is 0 Å². The van der Waals surface area contributed by atoms with Crippen LogP contribution in [0.2, 0.25) is 0 Å². The van der Waals surface area contributed by atoms with E-state index >= 15 is 0 Å². The van der Waals surface area contributed by atoms with E-state index in [0.717, 1.165) is 0 Å². The lowest BCUT2D eigenvalue weighted by molar-refractivity contribution is 0.881. The van der Waals surface area contributed by atoms with E-state index in [2.05, 4.69) is 35.6 Å². The SMILES string of the molecule is [N-]=[N+]=Nc1ccnc(-c2nn[nH]n2)c1. The fraction of sp³-hybridized carbons (Fsp3) is 0. The van der Waals surface area contributed by atoms with Crippen LogP contribution < -0.4 is 0 Å². The van der Waals surface area contributed by atoms with Gasteiger partial charge < -0.3 is 0 Å². The van der Waals surface area contributed by atoms with Crippen molar-refractivity contribution < 1.29 is 0 Å². The molecule has 0 spiro atoms. The molecule has 0 unspecified atom stereocenters. The van der Waals surface area contributed by atoms with Gasteiger partial charge in [0.15, 0.2) is 0 Å². The molecule has 2 heterocycles. The first-order valence-electron chi connectivity index (χ1n) is 3.65. The van der Waals surface area contributed by atoms with Crippen LogP contribution in [0, 0.1) is 0 Å². The number of H-pyrrole nitrogens is 1. The third kappa shape index (κ3) is 1.50. The molecule has 0 fully saturated rings. The fourth-order valence-electron chi connectivity index (χ4n) is 0.926. The molecule has 0 aliphatic rings. The Kier molecular flexibility index (Phi) is 2.04. The van der Waals surface area contributed by atoms with Gasteiger partial charge in [-0.3, -0.25) is 4.98 Å². The number of hydrogen-bond donors (Lipinski definition) is 1. The minimum Gasteiger partial charge on any atom is -0.253 e. The van der Waals surface area contributed by atoms with Gasteiger partial charge in [0.1, 0.15) is 5.69 Å². The Labute approximate surface area is 77.6 Å². The number of azide groups is 1. The molecule has 0 radical (unpaired) electrons. The second-order valence-corrected chi connectivity index (χ2v) is 2.32. The number of hydrogen-bond acceptors (Lipinski definition) is 5. The van der Waals surface area contributed by atoms with Crippen LogP contribution >= 0.6 is 0 Å². The molecule has 0 aliphatic carbocycles. The molecule has 2 aromatic heterocycles. The van der Waals surface area contributed by atoms with E-state index < -0.39 is 0 Å². The monoisotopic (exact) mass is 188 g/mol. The van der Waals surface area contributed by atoms with Crippen LogP contribution in [-0.2, 0) is 0 Å². The van der Waals surface area contributed by atoms with Crippen molar-refractivity contribution in [3.8, 4) is 11.5 Å². The number of nitrogens with one attached hydrogen (secondary N) is 1. The molecule has 14 heavy (non-hydrogen) atoms. The van der Waals surface area contributed by atoms with Crippen molar-refractivity contribution >= 4 is 5.69 Å². The molecule has 0 atom stereocenters. The van der Waals surface area contributed by atoms with Crippen molar-refractivity contribution in [3.05, 3.63) is 28.8 Å². The number of tetrazole rings is 1. The Morgan fingerprint density at radius 1 is 1.50 bits per heavy atom.